The van der Waals surface area contributed by atoms with Crippen LogP contribution in [0.4, 0.5) is 4.39 Å². The van der Waals surface area contributed by atoms with Crippen molar-refractivity contribution < 1.29 is 9.13 Å². The van der Waals surface area contributed by atoms with E-state index in [-0.39, 0.29) is 18.0 Å². The fraction of sp³-hybridized carbons (Fsp3) is 0.222. The molecular weight excluding hydrogens is 199 g/mol. The standard InChI is InChI=1S/C9H9FN4O/c1-15-6-7-9(10)8(2-3-11-7)14-12-4-5-13-14/h2-5H,6H2,1H3. The van der Waals surface area contributed by atoms with Crippen LogP contribution in [0.5, 0.6) is 0 Å². The first-order chi connectivity index (χ1) is 7.33. The average molecular weight is 208 g/mol. The summed E-state index contributed by atoms with van der Waals surface area (Å²) in [6, 6.07) is 1.51. The third-order valence-corrected chi connectivity index (χ3v) is 1.86. The van der Waals surface area contributed by atoms with Gasteiger partial charge in [0.1, 0.15) is 11.4 Å². The van der Waals surface area contributed by atoms with Gasteiger partial charge in [-0.1, -0.05) is 0 Å². The first kappa shape index (κ1) is 9.72. The zero-order valence-corrected chi connectivity index (χ0v) is 8.09. The second-order valence-electron chi connectivity index (χ2n) is 2.84. The minimum atomic E-state index is -0.462. The molecule has 0 atom stereocenters. The van der Waals surface area contributed by atoms with E-state index in [1.807, 2.05) is 0 Å². The van der Waals surface area contributed by atoms with Crippen LogP contribution in [-0.4, -0.2) is 27.1 Å². The summed E-state index contributed by atoms with van der Waals surface area (Å²) in [5.41, 5.74) is 0.509. The Balaban J connectivity index is 2.45. The Labute approximate surface area is 85.5 Å². The third-order valence-electron chi connectivity index (χ3n) is 1.86. The quantitative estimate of drug-likeness (QED) is 0.753. The zero-order valence-electron chi connectivity index (χ0n) is 8.09. The van der Waals surface area contributed by atoms with Gasteiger partial charge >= 0.3 is 0 Å². The molecule has 2 rings (SSSR count). The number of nitrogens with zero attached hydrogens (tertiary/aromatic N) is 4. The molecule has 0 bridgehead atoms. The van der Waals surface area contributed by atoms with Crippen LogP contribution in [0.15, 0.2) is 24.7 Å². The van der Waals surface area contributed by atoms with Gasteiger partial charge in [-0.05, 0) is 6.07 Å². The van der Waals surface area contributed by atoms with Crippen molar-refractivity contribution in [3.63, 3.8) is 0 Å². The molecule has 5 nitrogen and oxygen atoms in total. The fourth-order valence-corrected chi connectivity index (χ4v) is 1.21. The Bertz CT molecular complexity index is 443. The fourth-order valence-electron chi connectivity index (χ4n) is 1.21. The van der Waals surface area contributed by atoms with Crippen molar-refractivity contribution in [1.29, 1.82) is 0 Å². The lowest BCUT2D eigenvalue weighted by Crippen LogP contribution is -2.06. The van der Waals surface area contributed by atoms with Gasteiger partial charge in [-0.2, -0.15) is 10.2 Å². The van der Waals surface area contributed by atoms with Gasteiger partial charge < -0.3 is 4.74 Å². The molecular formula is C9H9FN4O. The minimum absolute atomic E-state index is 0.126. The maximum absolute atomic E-state index is 13.8. The highest BCUT2D eigenvalue weighted by Gasteiger charge is 2.11. The maximum atomic E-state index is 13.8. The molecule has 0 N–H and O–H groups in total. The number of rotatable bonds is 3. The van der Waals surface area contributed by atoms with Crippen molar-refractivity contribution in [2.24, 2.45) is 0 Å². The molecule has 0 aliphatic rings. The third kappa shape index (κ3) is 1.84. The first-order valence-electron chi connectivity index (χ1n) is 4.32. The zero-order chi connectivity index (χ0) is 10.7. The number of methoxy groups -OCH3 is 1. The van der Waals surface area contributed by atoms with Gasteiger partial charge in [-0.3, -0.25) is 4.98 Å². The molecule has 0 saturated heterocycles. The van der Waals surface area contributed by atoms with Gasteiger partial charge in [-0.25, -0.2) is 4.39 Å². The number of ether oxygens (including phenoxy) is 1. The second kappa shape index (κ2) is 4.14. The van der Waals surface area contributed by atoms with Crippen molar-refractivity contribution in [1.82, 2.24) is 20.0 Å². The summed E-state index contributed by atoms with van der Waals surface area (Å²) in [5.74, 6) is -0.462. The van der Waals surface area contributed by atoms with E-state index in [0.717, 1.165) is 0 Å². The minimum Gasteiger partial charge on any atom is -0.378 e. The van der Waals surface area contributed by atoms with E-state index in [4.69, 9.17) is 4.74 Å². The molecule has 15 heavy (non-hydrogen) atoms. The normalized spacial score (nSPS) is 10.5. The topological polar surface area (TPSA) is 52.8 Å². The van der Waals surface area contributed by atoms with E-state index in [0.29, 0.717) is 0 Å². The summed E-state index contributed by atoms with van der Waals surface area (Å²) < 4.78 is 18.6. The molecule has 78 valence electrons. The predicted molar refractivity (Wildman–Crippen MR) is 49.8 cm³/mol. The number of hydrogen-bond acceptors (Lipinski definition) is 4. The number of hydrogen-bond donors (Lipinski definition) is 0. The van der Waals surface area contributed by atoms with Crippen LogP contribution in [0.1, 0.15) is 5.69 Å². The van der Waals surface area contributed by atoms with E-state index in [1.165, 1.54) is 36.6 Å². The van der Waals surface area contributed by atoms with Crippen LogP contribution in [-0.2, 0) is 11.3 Å². The smallest absolute Gasteiger partial charge is 0.174 e. The molecule has 0 spiro atoms. The molecule has 0 aliphatic carbocycles. The van der Waals surface area contributed by atoms with Gasteiger partial charge in [-0.15, -0.1) is 4.80 Å². The van der Waals surface area contributed by atoms with Gasteiger partial charge in [0.15, 0.2) is 5.82 Å². The molecule has 0 radical (unpaired) electrons. The molecule has 0 amide bonds. The van der Waals surface area contributed by atoms with Crippen LogP contribution in [0.25, 0.3) is 5.69 Å². The van der Waals surface area contributed by atoms with Gasteiger partial charge in [0, 0.05) is 13.3 Å². The molecule has 0 aliphatic heterocycles. The summed E-state index contributed by atoms with van der Waals surface area (Å²) in [6.45, 7) is 0.126. The lowest BCUT2D eigenvalue weighted by Gasteiger charge is -2.05. The molecule has 0 aromatic carbocycles. The summed E-state index contributed by atoms with van der Waals surface area (Å²) in [4.78, 5) is 5.07. The summed E-state index contributed by atoms with van der Waals surface area (Å²) in [6.07, 6.45) is 4.46. The lowest BCUT2D eigenvalue weighted by atomic mass is 10.3. The molecule has 0 fully saturated rings. The van der Waals surface area contributed by atoms with Crippen molar-refractivity contribution in [3.05, 3.63) is 36.2 Å². The van der Waals surface area contributed by atoms with Crippen LogP contribution in [0.2, 0.25) is 0 Å². The van der Waals surface area contributed by atoms with E-state index in [1.54, 1.807) is 0 Å². The Morgan fingerprint density at radius 2 is 2.07 bits per heavy atom. The Morgan fingerprint density at radius 3 is 2.73 bits per heavy atom. The number of aromatic nitrogens is 4. The molecule has 2 aromatic heterocycles. The lowest BCUT2D eigenvalue weighted by molar-refractivity contribution is 0.177. The highest BCUT2D eigenvalue weighted by atomic mass is 19.1. The average Bonchev–Trinajstić information content (AvgIpc) is 2.74. The predicted octanol–water partition coefficient (Wildman–Crippen LogP) is 0.948. The van der Waals surface area contributed by atoms with E-state index in [2.05, 4.69) is 15.2 Å². The number of pyridine rings is 1. The van der Waals surface area contributed by atoms with E-state index >= 15 is 0 Å². The van der Waals surface area contributed by atoms with Gasteiger partial charge in [0.2, 0.25) is 0 Å². The molecule has 0 saturated carbocycles. The summed E-state index contributed by atoms with van der Waals surface area (Å²) >= 11 is 0. The Kier molecular flexibility index (Phi) is 2.68. The van der Waals surface area contributed by atoms with Crippen LogP contribution >= 0.6 is 0 Å². The highest BCUT2D eigenvalue weighted by Crippen LogP contribution is 2.13. The van der Waals surface area contributed by atoms with Crippen LogP contribution < -0.4 is 0 Å². The SMILES string of the molecule is COCc1nccc(-n2nccn2)c1F. The van der Waals surface area contributed by atoms with E-state index in [9.17, 15) is 4.39 Å². The van der Waals surface area contributed by atoms with Crippen LogP contribution in [0.3, 0.4) is 0 Å². The van der Waals surface area contributed by atoms with Crippen molar-refractivity contribution in [2.45, 2.75) is 6.61 Å². The number of halogens is 1. The summed E-state index contributed by atoms with van der Waals surface area (Å²) in [7, 11) is 1.49. The van der Waals surface area contributed by atoms with Crippen molar-refractivity contribution in [3.8, 4) is 5.69 Å². The molecule has 6 heteroatoms. The van der Waals surface area contributed by atoms with Gasteiger partial charge in [0.05, 0.1) is 19.0 Å². The van der Waals surface area contributed by atoms with Gasteiger partial charge in [0.25, 0.3) is 0 Å². The van der Waals surface area contributed by atoms with Crippen molar-refractivity contribution in [2.75, 3.05) is 7.11 Å². The highest BCUT2D eigenvalue weighted by molar-refractivity contribution is 5.31. The first-order valence-corrected chi connectivity index (χ1v) is 4.32. The Hall–Kier alpha value is -1.82. The van der Waals surface area contributed by atoms with Crippen molar-refractivity contribution >= 4 is 0 Å². The van der Waals surface area contributed by atoms with E-state index < -0.39 is 5.82 Å². The van der Waals surface area contributed by atoms with Crippen LogP contribution in [0, 0.1) is 5.82 Å². The molecule has 0 unspecified atom stereocenters. The molecule has 2 heterocycles. The Morgan fingerprint density at radius 1 is 1.33 bits per heavy atom. The molecule has 2 aromatic rings. The largest absolute Gasteiger partial charge is 0.378 e. The summed E-state index contributed by atoms with van der Waals surface area (Å²) in [5, 5.41) is 7.69. The maximum Gasteiger partial charge on any atom is 0.174 e. The second-order valence-corrected chi connectivity index (χ2v) is 2.84. The monoisotopic (exact) mass is 208 g/mol.